The molecule has 0 aromatic heterocycles. The van der Waals surface area contributed by atoms with E-state index in [9.17, 15) is 9.90 Å². The first-order valence-corrected chi connectivity index (χ1v) is 9.38. The van der Waals surface area contributed by atoms with Crippen LogP contribution in [0.1, 0.15) is 25.7 Å². The highest BCUT2D eigenvalue weighted by Gasteiger charge is 2.97. The lowest BCUT2D eigenvalue weighted by atomic mass is 9.41. The number of ether oxygens (including phenoxy) is 1. The van der Waals surface area contributed by atoms with Gasteiger partial charge in [-0.15, -0.1) is 0 Å². The number of aliphatic hydroxyl groups is 1. The van der Waals surface area contributed by atoms with Gasteiger partial charge < -0.3 is 14.7 Å². The minimum absolute atomic E-state index is 0.0153. The molecule has 24 heavy (non-hydrogen) atoms. The van der Waals surface area contributed by atoms with Gasteiger partial charge in [-0.1, -0.05) is 17.7 Å². The van der Waals surface area contributed by atoms with Crippen LogP contribution < -0.4 is 0 Å². The summed E-state index contributed by atoms with van der Waals surface area (Å²) in [4.78, 5) is 14.8. The van der Waals surface area contributed by atoms with Crippen molar-refractivity contribution in [1.29, 1.82) is 0 Å². The second-order valence-electron chi connectivity index (χ2n) is 9.07. The van der Waals surface area contributed by atoms with Gasteiger partial charge in [0.1, 0.15) is 6.10 Å². The van der Waals surface area contributed by atoms with Gasteiger partial charge in [-0.3, -0.25) is 4.79 Å². The number of hydrogen-bond acceptors (Lipinski definition) is 4. The summed E-state index contributed by atoms with van der Waals surface area (Å²) in [6.45, 7) is 1.10. The monoisotopic (exact) mass is 327 g/mol. The van der Waals surface area contributed by atoms with Crippen molar-refractivity contribution in [2.75, 3.05) is 20.7 Å². The van der Waals surface area contributed by atoms with Crippen LogP contribution >= 0.6 is 0 Å². The van der Waals surface area contributed by atoms with Gasteiger partial charge in [0.2, 0.25) is 0 Å². The number of carbonyl (C=O) groups excluding carboxylic acids is 1. The van der Waals surface area contributed by atoms with Gasteiger partial charge in [0.15, 0.2) is 5.78 Å². The Bertz CT molecular complexity index is 728. The lowest BCUT2D eigenvalue weighted by molar-refractivity contribution is -0.185. The standard InChI is InChI=1S/C20H25NO3/c1-21-8-5-11-9-13(24-2)15(23)16-19-10-12(22)3-6-18(19)7-4-14(21)20(11,16)17(18)19/h3,6,9,13-17,23H,4-5,7-8,10H2,1-2H3. The van der Waals surface area contributed by atoms with Crippen LogP contribution in [0.4, 0.5) is 0 Å². The largest absolute Gasteiger partial charge is 0.390 e. The SMILES string of the molecule is COC1C=C2CCN(C)C3CCC45C=CC(=O)CC46C(C1O)C23C56. The van der Waals surface area contributed by atoms with Crippen molar-refractivity contribution < 1.29 is 14.6 Å². The maximum atomic E-state index is 12.3. The maximum Gasteiger partial charge on any atom is 0.156 e. The summed E-state index contributed by atoms with van der Waals surface area (Å²) in [6.07, 6.45) is 9.70. The average molecular weight is 327 g/mol. The lowest BCUT2D eigenvalue weighted by Crippen LogP contribution is -2.70. The molecule has 128 valence electrons. The molecule has 0 amide bonds. The van der Waals surface area contributed by atoms with Crippen molar-refractivity contribution in [1.82, 2.24) is 4.90 Å². The zero-order valence-corrected chi connectivity index (χ0v) is 14.4. The number of nitrogens with zero attached hydrogens (tertiary/aromatic N) is 1. The number of aliphatic hydroxyl groups excluding tert-OH is 1. The van der Waals surface area contributed by atoms with Crippen LogP contribution in [0.15, 0.2) is 23.8 Å². The van der Waals surface area contributed by atoms with E-state index in [0.29, 0.717) is 18.4 Å². The smallest absolute Gasteiger partial charge is 0.156 e. The molecule has 4 nitrogen and oxygen atoms in total. The third kappa shape index (κ3) is 1.09. The molecule has 4 heteroatoms. The lowest BCUT2D eigenvalue weighted by Gasteiger charge is -2.67. The number of methoxy groups -OCH3 is 1. The van der Waals surface area contributed by atoms with E-state index in [4.69, 9.17) is 4.74 Å². The Morgan fingerprint density at radius 1 is 1.42 bits per heavy atom. The van der Waals surface area contributed by atoms with Gasteiger partial charge in [0.25, 0.3) is 0 Å². The predicted octanol–water partition coefficient (Wildman–Crippen LogP) is 1.55. The molecule has 5 aliphatic carbocycles. The molecule has 8 unspecified atom stereocenters. The van der Waals surface area contributed by atoms with Crippen molar-refractivity contribution in [2.45, 2.75) is 43.9 Å². The van der Waals surface area contributed by atoms with E-state index in [-0.39, 0.29) is 34.1 Å². The highest BCUT2D eigenvalue weighted by Crippen LogP contribution is 2.98. The summed E-state index contributed by atoms with van der Waals surface area (Å²) in [5, 5.41) is 11.2. The summed E-state index contributed by atoms with van der Waals surface area (Å²) >= 11 is 0. The molecule has 1 heterocycles. The van der Waals surface area contributed by atoms with Crippen molar-refractivity contribution in [2.24, 2.45) is 28.1 Å². The first-order chi connectivity index (χ1) is 11.5. The third-order valence-electron chi connectivity index (χ3n) is 8.91. The normalized spacial score (nSPS) is 59.7. The van der Waals surface area contributed by atoms with E-state index in [1.54, 1.807) is 7.11 Å². The van der Waals surface area contributed by atoms with Crippen LogP contribution in [-0.2, 0) is 9.53 Å². The number of carbonyl (C=O) groups is 1. The van der Waals surface area contributed by atoms with E-state index in [2.05, 4.69) is 24.1 Å². The number of allylic oxidation sites excluding steroid dienone is 2. The molecule has 0 aromatic rings. The van der Waals surface area contributed by atoms with Crippen LogP contribution in [0.3, 0.4) is 0 Å². The molecule has 1 aliphatic heterocycles. The maximum absolute atomic E-state index is 12.3. The highest BCUT2D eigenvalue weighted by atomic mass is 16.5. The summed E-state index contributed by atoms with van der Waals surface area (Å²) < 4.78 is 5.64. The van der Waals surface area contributed by atoms with E-state index in [0.717, 1.165) is 13.0 Å². The third-order valence-corrected chi connectivity index (χ3v) is 8.91. The van der Waals surface area contributed by atoms with E-state index in [1.165, 1.54) is 18.4 Å². The van der Waals surface area contributed by atoms with Gasteiger partial charge in [0.05, 0.1) is 6.10 Å². The zero-order valence-electron chi connectivity index (χ0n) is 14.4. The second-order valence-corrected chi connectivity index (χ2v) is 9.07. The van der Waals surface area contributed by atoms with Crippen molar-refractivity contribution >= 4 is 5.78 Å². The van der Waals surface area contributed by atoms with E-state index < -0.39 is 6.10 Å². The molecule has 0 bridgehead atoms. The van der Waals surface area contributed by atoms with Gasteiger partial charge in [-0.25, -0.2) is 0 Å². The molecule has 6 rings (SSSR count). The van der Waals surface area contributed by atoms with Crippen molar-refractivity contribution in [3.8, 4) is 0 Å². The van der Waals surface area contributed by atoms with E-state index >= 15 is 0 Å². The van der Waals surface area contributed by atoms with Crippen molar-refractivity contribution in [3.63, 3.8) is 0 Å². The second kappa shape index (κ2) is 3.89. The summed E-state index contributed by atoms with van der Waals surface area (Å²) in [5.41, 5.74) is 1.80. The van der Waals surface area contributed by atoms with Crippen LogP contribution in [0, 0.1) is 28.1 Å². The molecule has 3 saturated carbocycles. The summed E-state index contributed by atoms with van der Waals surface area (Å²) in [5.74, 6) is 0.998. The molecule has 8 atom stereocenters. The van der Waals surface area contributed by atoms with Crippen molar-refractivity contribution in [3.05, 3.63) is 23.8 Å². The number of ketones is 1. The first-order valence-electron chi connectivity index (χ1n) is 9.38. The fraction of sp³-hybridized carbons (Fsp3) is 0.750. The summed E-state index contributed by atoms with van der Waals surface area (Å²) in [6, 6.07) is 0.519. The first kappa shape index (κ1) is 14.2. The number of likely N-dealkylation sites (tertiary alicyclic amines) is 1. The average Bonchev–Trinajstić information content (AvgIpc) is 3.14. The van der Waals surface area contributed by atoms with E-state index in [1.807, 2.05) is 6.08 Å². The quantitative estimate of drug-likeness (QED) is 0.743. The van der Waals surface area contributed by atoms with Crippen LogP contribution in [0.25, 0.3) is 0 Å². The molecule has 3 spiro atoms. The molecule has 1 saturated heterocycles. The Kier molecular flexibility index (Phi) is 2.31. The molecular weight excluding hydrogens is 302 g/mol. The van der Waals surface area contributed by atoms with Gasteiger partial charge in [-0.05, 0) is 49.1 Å². The van der Waals surface area contributed by atoms with Crippen LogP contribution in [0.2, 0.25) is 0 Å². The fourth-order valence-electron chi connectivity index (χ4n) is 8.54. The Morgan fingerprint density at radius 2 is 2.25 bits per heavy atom. The Morgan fingerprint density at radius 3 is 3.04 bits per heavy atom. The van der Waals surface area contributed by atoms with Gasteiger partial charge in [0, 0.05) is 37.5 Å². The number of hydrogen-bond donors (Lipinski definition) is 1. The van der Waals surface area contributed by atoms with Crippen LogP contribution in [0.5, 0.6) is 0 Å². The topological polar surface area (TPSA) is 49.8 Å². The molecule has 0 aromatic carbocycles. The molecule has 6 aliphatic rings. The molecule has 1 N–H and O–H groups in total. The Hall–Kier alpha value is -0.970. The van der Waals surface area contributed by atoms with Gasteiger partial charge in [-0.2, -0.15) is 0 Å². The minimum atomic E-state index is -0.483. The number of piperidine rings is 1. The summed E-state index contributed by atoms with van der Waals surface area (Å²) in [7, 11) is 3.95. The Labute approximate surface area is 142 Å². The Balaban J connectivity index is 1.60. The number of rotatable bonds is 1. The van der Waals surface area contributed by atoms with Gasteiger partial charge >= 0.3 is 0 Å². The minimum Gasteiger partial charge on any atom is -0.390 e. The molecular formula is C20H25NO3. The zero-order chi connectivity index (χ0) is 16.5. The molecule has 4 fully saturated rings. The fourth-order valence-corrected chi connectivity index (χ4v) is 8.54. The predicted molar refractivity (Wildman–Crippen MR) is 88.2 cm³/mol. The van der Waals surface area contributed by atoms with Crippen LogP contribution in [-0.4, -0.2) is 54.7 Å². The molecule has 0 radical (unpaired) electrons. The highest BCUT2D eigenvalue weighted by molar-refractivity contribution is 5.93.